The molecule has 10 heavy (non-hydrogen) atoms. The van der Waals surface area contributed by atoms with E-state index in [2.05, 4.69) is 10.1 Å². The molecule has 1 unspecified atom stereocenters. The summed E-state index contributed by atoms with van der Waals surface area (Å²) in [6, 6.07) is 0. The smallest absolute Gasteiger partial charge is 0.293 e. The quantitative estimate of drug-likeness (QED) is 0.450. The Kier molecular flexibility index (Phi) is 3.22. The third-order valence-corrected chi connectivity index (χ3v) is 1.87. The second-order valence-corrected chi connectivity index (χ2v) is 2.61. The number of carbonyl (C=O) groups excluding carboxylic acids is 1. The Morgan fingerprint density at radius 2 is 2.60 bits per heavy atom. The van der Waals surface area contributed by atoms with Crippen molar-refractivity contribution in [2.24, 2.45) is 5.92 Å². The van der Waals surface area contributed by atoms with Gasteiger partial charge in [0.15, 0.2) is 0 Å². The minimum atomic E-state index is 0.516. The lowest BCUT2D eigenvalue weighted by molar-refractivity contribution is -0.129. The first-order valence-electron chi connectivity index (χ1n) is 3.69. The minimum Gasteiger partial charge on any atom is -0.468 e. The summed E-state index contributed by atoms with van der Waals surface area (Å²) in [5.74, 6) is 0.722. The van der Waals surface area contributed by atoms with Crippen LogP contribution < -0.4 is 5.32 Å². The summed E-state index contributed by atoms with van der Waals surface area (Å²) in [4.78, 5) is 9.74. The largest absolute Gasteiger partial charge is 0.468 e. The van der Waals surface area contributed by atoms with Crippen molar-refractivity contribution in [3.63, 3.8) is 0 Å². The molecule has 1 rings (SSSR count). The van der Waals surface area contributed by atoms with Crippen LogP contribution in [0, 0.1) is 5.92 Å². The molecule has 1 atom stereocenters. The molecule has 0 amide bonds. The predicted molar refractivity (Wildman–Crippen MR) is 37.6 cm³/mol. The van der Waals surface area contributed by atoms with Crippen LogP contribution in [0.15, 0.2) is 0 Å². The van der Waals surface area contributed by atoms with E-state index < -0.39 is 0 Å². The van der Waals surface area contributed by atoms with Gasteiger partial charge in [0.2, 0.25) is 0 Å². The minimum absolute atomic E-state index is 0.516. The van der Waals surface area contributed by atoms with Crippen molar-refractivity contribution in [3.05, 3.63) is 0 Å². The van der Waals surface area contributed by atoms with Gasteiger partial charge in [0.25, 0.3) is 6.47 Å². The molecule has 1 heterocycles. The SMILES string of the molecule is O=COCCC1CCNC1. The molecule has 0 saturated carbocycles. The van der Waals surface area contributed by atoms with Gasteiger partial charge in [-0.05, 0) is 31.8 Å². The Morgan fingerprint density at radius 3 is 3.20 bits per heavy atom. The third kappa shape index (κ3) is 2.35. The highest BCUT2D eigenvalue weighted by Crippen LogP contribution is 2.11. The zero-order valence-corrected chi connectivity index (χ0v) is 6.01. The van der Waals surface area contributed by atoms with Gasteiger partial charge in [0, 0.05) is 0 Å². The average Bonchev–Trinajstić information content (AvgIpc) is 2.41. The van der Waals surface area contributed by atoms with Crippen molar-refractivity contribution in [1.29, 1.82) is 0 Å². The lowest BCUT2D eigenvalue weighted by Crippen LogP contribution is -2.10. The van der Waals surface area contributed by atoms with Crippen molar-refractivity contribution in [2.45, 2.75) is 12.8 Å². The van der Waals surface area contributed by atoms with Gasteiger partial charge in [0.05, 0.1) is 6.61 Å². The Hall–Kier alpha value is -0.570. The summed E-state index contributed by atoms with van der Waals surface area (Å²) < 4.78 is 4.59. The number of nitrogens with one attached hydrogen (secondary N) is 1. The fraction of sp³-hybridized carbons (Fsp3) is 0.857. The fourth-order valence-electron chi connectivity index (χ4n) is 1.24. The average molecular weight is 143 g/mol. The molecule has 3 heteroatoms. The first-order valence-corrected chi connectivity index (χ1v) is 3.69. The first kappa shape index (κ1) is 7.54. The summed E-state index contributed by atoms with van der Waals surface area (Å²) >= 11 is 0. The molecule has 1 fully saturated rings. The molecule has 1 saturated heterocycles. The van der Waals surface area contributed by atoms with Gasteiger partial charge in [0.1, 0.15) is 0 Å². The van der Waals surface area contributed by atoms with Crippen LogP contribution in [-0.2, 0) is 9.53 Å². The van der Waals surface area contributed by atoms with E-state index in [4.69, 9.17) is 0 Å². The van der Waals surface area contributed by atoms with E-state index in [0.717, 1.165) is 25.4 Å². The van der Waals surface area contributed by atoms with E-state index in [1.807, 2.05) is 0 Å². The highest BCUT2D eigenvalue weighted by Gasteiger charge is 2.13. The van der Waals surface area contributed by atoms with Gasteiger partial charge < -0.3 is 10.1 Å². The van der Waals surface area contributed by atoms with Crippen LogP contribution in [0.5, 0.6) is 0 Å². The van der Waals surface area contributed by atoms with Crippen LogP contribution in [0.4, 0.5) is 0 Å². The van der Waals surface area contributed by atoms with Gasteiger partial charge in [-0.1, -0.05) is 0 Å². The van der Waals surface area contributed by atoms with Crippen LogP contribution in [0.2, 0.25) is 0 Å². The van der Waals surface area contributed by atoms with E-state index in [0.29, 0.717) is 13.1 Å². The van der Waals surface area contributed by atoms with Gasteiger partial charge in [-0.25, -0.2) is 0 Å². The summed E-state index contributed by atoms with van der Waals surface area (Å²) in [6.45, 7) is 3.30. The van der Waals surface area contributed by atoms with Gasteiger partial charge in [-0.3, -0.25) is 4.79 Å². The fourth-order valence-corrected chi connectivity index (χ4v) is 1.24. The summed E-state index contributed by atoms with van der Waals surface area (Å²) in [7, 11) is 0. The van der Waals surface area contributed by atoms with Crippen LogP contribution in [-0.4, -0.2) is 26.2 Å². The molecular weight excluding hydrogens is 130 g/mol. The van der Waals surface area contributed by atoms with Crippen LogP contribution in [0.3, 0.4) is 0 Å². The van der Waals surface area contributed by atoms with Crippen LogP contribution in [0.1, 0.15) is 12.8 Å². The molecule has 58 valence electrons. The molecule has 0 aromatic carbocycles. The first-order chi connectivity index (χ1) is 4.93. The van der Waals surface area contributed by atoms with Crippen molar-refractivity contribution >= 4 is 6.47 Å². The van der Waals surface area contributed by atoms with Crippen LogP contribution >= 0.6 is 0 Å². The standard InChI is InChI=1S/C7H13NO2/c9-6-10-4-2-7-1-3-8-5-7/h6-8H,1-5H2. The van der Waals surface area contributed by atoms with Crippen LogP contribution in [0.25, 0.3) is 0 Å². The Labute approximate surface area is 60.7 Å². The monoisotopic (exact) mass is 143 g/mol. The molecule has 0 radical (unpaired) electrons. The maximum Gasteiger partial charge on any atom is 0.293 e. The molecule has 0 aromatic rings. The molecule has 3 nitrogen and oxygen atoms in total. The topological polar surface area (TPSA) is 38.3 Å². The van der Waals surface area contributed by atoms with E-state index in [1.54, 1.807) is 0 Å². The maximum atomic E-state index is 9.74. The van der Waals surface area contributed by atoms with Gasteiger partial charge in [-0.15, -0.1) is 0 Å². The Morgan fingerprint density at radius 1 is 1.70 bits per heavy atom. The van der Waals surface area contributed by atoms with E-state index >= 15 is 0 Å². The second-order valence-electron chi connectivity index (χ2n) is 2.61. The highest BCUT2D eigenvalue weighted by atomic mass is 16.5. The second kappa shape index (κ2) is 4.28. The van der Waals surface area contributed by atoms with E-state index in [1.165, 1.54) is 6.42 Å². The third-order valence-electron chi connectivity index (χ3n) is 1.87. The van der Waals surface area contributed by atoms with Gasteiger partial charge in [-0.2, -0.15) is 0 Å². The summed E-state index contributed by atoms with van der Waals surface area (Å²) in [5, 5.41) is 3.26. The number of rotatable bonds is 4. The number of carbonyl (C=O) groups is 1. The summed E-state index contributed by atoms with van der Waals surface area (Å²) in [6.07, 6.45) is 2.23. The van der Waals surface area contributed by atoms with Crippen molar-refractivity contribution in [2.75, 3.05) is 19.7 Å². The van der Waals surface area contributed by atoms with E-state index in [9.17, 15) is 4.79 Å². The summed E-state index contributed by atoms with van der Waals surface area (Å²) in [5.41, 5.74) is 0. The maximum absolute atomic E-state index is 9.74. The van der Waals surface area contributed by atoms with E-state index in [-0.39, 0.29) is 0 Å². The van der Waals surface area contributed by atoms with Gasteiger partial charge >= 0.3 is 0 Å². The lowest BCUT2D eigenvalue weighted by Gasteiger charge is -2.04. The zero-order chi connectivity index (χ0) is 7.23. The molecule has 0 spiro atoms. The Balaban J connectivity index is 1.96. The van der Waals surface area contributed by atoms with Crippen molar-refractivity contribution in [3.8, 4) is 0 Å². The highest BCUT2D eigenvalue weighted by molar-refractivity contribution is 5.36. The lowest BCUT2D eigenvalue weighted by atomic mass is 10.1. The molecule has 1 aliphatic heterocycles. The normalized spacial score (nSPS) is 24.6. The molecule has 0 aliphatic carbocycles. The zero-order valence-electron chi connectivity index (χ0n) is 6.01. The molecule has 1 aliphatic rings. The van der Waals surface area contributed by atoms with Crippen molar-refractivity contribution in [1.82, 2.24) is 5.32 Å². The van der Waals surface area contributed by atoms with Crippen molar-refractivity contribution < 1.29 is 9.53 Å². The number of hydrogen-bond acceptors (Lipinski definition) is 3. The molecule has 1 N–H and O–H groups in total. The molecule has 0 bridgehead atoms. The predicted octanol–water partition coefficient (Wildman–Crippen LogP) is 0.159. The number of hydrogen-bond donors (Lipinski definition) is 1. The Bertz CT molecular complexity index is 99.8. The molecule has 0 aromatic heterocycles. The molecular formula is C7H13NO2. The number of ether oxygens (including phenoxy) is 1.